The van der Waals surface area contributed by atoms with Crippen LogP contribution in [0, 0.1) is 5.82 Å². The van der Waals surface area contributed by atoms with Crippen molar-refractivity contribution in [2.75, 3.05) is 0 Å². The number of halogens is 5. The van der Waals surface area contributed by atoms with E-state index < -0.39 is 30.5 Å². The van der Waals surface area contributed by atoms with E-state index >= 15 is 0 Å². The second-order valence-corrected chi connectivity index (χ2v) is 10.7. The van der Waals surface area contributed by atoms with E-state index in [9.17, 15) is 27.5 Å². The lowest BCUT2D eigenvalue weighted by atomic mass is 9.44. The summed E-state index contributed by atoms with van der Waals surface area (Å²) in [5.74, 6) is -0.967. The molecule has 4 fully saturated rings. The molecule has 0 saturated heterocycles. The summed E-state index contributed by atoms with van der Waals surface area (Å²) in [6.45, 7) is 0. The van der Waals surface area contributed by atoms with Gasteiger partial charge in [-0.1, -0.05) is 11.6 Å². The van der Waals surface area contributed by atoms with Gasteiger partial charge in [-0.2, -0.15) is 5.10 Å². The van der Waals surface area contributed by atoms with E-state index in [4.69, 9.17) is 16.3 Å². The Bertz CT molecular complexity index is 1180. The minimum atomic E-state index is -4.61. The molecule has 7 nitrogen and oxygen atoms in total. The average molecular weight is 516 g/mol. The van der Waals surface area contributed by atoms with Gasteiger partial charge in [0.2, 0.25) is 0 Å². The first kappa shape index (κ1) is 23.1. The molecule has 0 unspecified atom stereocenters. The van der Waals surface area contributed by atoms with Gasteiger partial charge in [0, 0.05) is 29.8 Å². The predicted molar refractivity (Wildman–Crippen MR) is 113 cm³/mol. The zero-order valence-electron chi connectivity index (χ0n) is 18.3. The maximum absolute atomic E-state index is 13.8. The first-order valence-electron chi connectivity index (χ1n) is 11.4. The van der Waals surface area contributed by atoms with Gasteiger partial charge < -0.3 is 15.2 Å². The largest absolute Gasteiger partial charge is 0.522 e. The second kappa shape index (κ2) is 7.57. The number of nitrogens with one attached hydrogen (secondary N) is 1. The summed E-state index contributed by atoms with van der Waals surface area (Å²) >= 11 is 5.78. The predicted octanol–water partition coefficient (Wildman–Crippen LogP) is 4.09. The highest BCUT2D eigenvalue weighted by molar-refractivity contribution is 6.30. The Kier molecular flexibility index (Phi) is 4.98. The van der Waals surface area contributed by atoms with Crippen LogP contribution in [0.1, 0.15) is 61.7 Å². The fourth-order valence-corrected chi connectivity index (χ4v) is 6.15. The highest BCUT2D eigenvalue weighted by atomic mass is 35.5. The highest BCUT2D eigenvalue weighted by Gasteiger charge is 2.70. The van der Waals surface area contributed by atoms with Crippen LogP contribution in [0.3, 0.4) is 0 Å². The molecule has 0 radical (unpaired) electrons. The fourth-order valence-electron chi connectivity index (χ4n) is 5.98. The Morgan fingerprint density at radius 2 is 1.97 bits per heavy atom. The molecule has 2 bridgehead atoms. The molecule has 7 rings (SSSR count). The number of nitrogens with zero attached hydrogens (tertiary/aromatic N) is 2. The summed E-state index contributed by atoms with van der Waals surface area (Å²) in [5.41, 5.74) is 0.648. The van der Waals surface area contributed by atoms with Crippen molar-refractivity contribution in [3.05, 3.63) is 46.5 Å². The third-order valence-corrected chi connectivity index (χ3v) is 8.05. The first-order valence-corrected chi connectivity index (χ1v) is 11.8. The molecule has 2 N–H and O–H groups in total. The summed E-state index contributed by atoms with van der Waals surface area (Å²) in [4.78, 5) is 12.9. The van der Waals surface area contributed by atoms with Gasteiger partial charge in [0.05, 0.1) is 29.0 Å². The zero-order chi connectivity index (χ0) is 24.8. The fraction of sp³-hybridized carbons (Fsp3) is 0.565. The number of aliphatic hydroxyl groups is 1. The topological polar surface area (TPSA) is 85.6 Å². The molecule has 35 heavy (non-hydrogen) atoms. The van der Waals surface area contributed by atoms with Crippen LogP contribution in [0.4, 0.5) is 17.6 Å². The van der Waals surface area contributed by atoms with Gasteiger partial charge in [-0.15, -0.1) is 13.2 Å². The first-order chi connectivity index (χ1) is 16.4. The molecule has 1 aliphatic heterocycles. The number of benzene rings is 1. The Hall–Kier alpha value is -2.37. The third-order valence-electron chi connectivity index (χ3n) is 7.76. The van der Waals surface area contributed by atoms with Crippen LogP contribution in [0.5, 0.6) is 5.75 Å². The molecule has 5 aliphatic rings. The van der Waals surface area contributed by atoms with Crippen molar-refractivity contribution in [3.63, 3.8) is 0 Å². The lowest BCUT2D eigenvalue weighted by Crippen LogP contribution is -2.79. The van der Waals surface area contributed by atoms with Crippen LogP contribution in [-0.2, 0) is 15.1 Å². The number of carbonyl (C=O) groups excluding carboxylic acids is 1. The van der Waals surface area contributed by atoms with Crippen molar-refractivity contribution >= 4 is 17.5 Å². The number of fused-ring (bicyclic) bond motifs is 1. The van der Waals surface area contributed by atoms with E-state index in [0.29, 0.717) is 37.7 Å². The van der Waals surface area contributed by atoms with Gasteiger partial charge in [-0.05, 0) is 49.7 Å². The maximum Gasteiger partial charge on any atom is 0.522 e. The molecule has 188 valence electrons. The lowest BCUT2D eigenvalue weighted by molar-refractivity contribution is -0.351. The molecule has 2 atom stereocenters. The smallest absolute Gasteiger partial charge is 0.480 e. The number of hydrogen-bond donors (Lipinski definition) is 2. The number of hydrogen-bond acceptors (Lipinski definition) is 5. The van der Waals surface area contributed by atoms with Gasteiger partial charge in [0.15, 0.2) is 6.10 Å². The monoisotopic (exact) mass is 515 g/mol. The van der Waals surface area contributed by atoms with Crippen molar-refractivity contribution in [2.24, 2.45) is 0 Å². The average Bonchev–Trinajstić information content (AvgIpc) is 3.15. The summed E-state index contributed by atoms with van der Waals surface area (Å²) in [6.07, 6.45) is -1.12. The quantitative estimate of drug-likeness (QED) is 0.586. The van der Waals surface area contributed by atoms with Crippen LogP contribution in [0.15, 0.2) is 24.5 Å². The SMILES string of the molecule is O=C(NC12CC(n3cc([C@H]4C[C@@H](OC(F)(F)F)C4)cn3)(C1)C2)[C@H]1C[C@@H](O)c2cc(Cl)c(F)cc2O1. The second-order valence-electron chi connectivity index (χ2n) is 10.3. The van der Waals surface area contributed by atoms with Gasteiger partial charge >= 0.3 is 6.36 Å². The number of aliphatic hydroxyl groups excluding tert-OH is 1. The molecule has 12 heteroatoms. The van der Waals surface area contributed by atoms with Crippen LogP contribution in [-0.4, -0.2) is 44.9 Å². The Morgan fingerprint density at radius 3 is 2.66 bits per heavy atom. The number of ether oxygens (including phenoxy) is 2. The molecule has 1 amide bonds. The maximum atomic E-state index is 13.8. The summed E-state index contributed by atoms with van der Waals surface area (Å²) in [6, 6.07) is 2.38. The Labute approximate surface area is 202 Å². The normalized spacial score (nSPS) is 35.1. The van der Waals surface area contributed by atoms with Gasteiger partial charge in [0.25, 0.3) is 5.91 Å². The summed E-state index contributed by atoms with van der Waals surface area (Å²) in [7, 11) is 0. The molecule has 4 saturated carbocycles. The molecular formula is C23H22ClF4N3O4. The Balaban J connectivity index is 1.04. The molecule has 4 aliphatic carbocycles. The van der Waals surface area contributed by atoms with Crippen LogP contribution in [0.25, 0.3) is 0 Å². The third kappa shape index (κ3) is 3.88. The summed E-state index contributed by atoms with van der Waals surface area (Å²) < 4.78 is 62.4. The van der Waals surface area contributed by atoms with Gasteiger partial charge in [-0.25, -0.2) is 4.39 Å². The standard InChI is InChI=1S/C23H22ClF4N3O4/c24-15-3-14-17(32)5-19(34-18(14)4-16(15)25)20(33)30-21-8-22(9-21,10-21)31-7-12(6-29-31)11-1-13(2-11)35-23(26,27)28/h3-4,6-7,11,13,17,19,32H,1-2,5,8-10H2,(H,30,33)/t11-,13+,17-,19-,21?,22?/m1/s1. The van der Waals surface area contributed by atoms with Gasteiger partial charge in [0.1, 0.15) is 11.6 Å². The number of amides is 1. The van der Waals surface area contributed by atoms with Crippen molar-refractivity contribution in [1.29, 1.82) is 0 Å². The summed E-state index contributed by atoms with van der Waals surface area (Å²) in [5, 5.41) is 17.7. The number of aromatic nitrogens is 2. The van der Waals surface area contributed by atoms with E-state index in [2.05, 4.69) is 15.2 Å². The van der Waals surface area contributed by atoms with Crippen molar-refractivity contribution in [2.45, 2.75) is 80.2 Å². The molecule has 1 aromatic heterocycles. The van der Waals surface area contributed by atoms with Crippen LogP contribution >= 0.6 is 11.6 Å². The van der Waals surface area contributed by atoms with Crippen molar-refractivity contribution in [3.8, 4) is 5.75 Å². The molecule has 0 spiro atoms. The van der Waals surface area contributed by atoms with E-state index in [0.717, 1.165) is 11.6 Å². The molecule has 2 aromatic rings. The molecule has 1 aromatic carbocycles. The lowest BCUT2D eigenvalue weighted by Gasteiger charge is -2.70. The van der Waals surface area contributed by atoms with E-state index in [1.807, 2.05) is 10.9 Å². The number of alkyl halides is 3. The number of rotatable bonds is 5. The van der Waals surface area contributed by atoms with E-state index in [1.165, 1.54) is 6.07 Å². The van der Waals surface area contributed by atoms with E-state index in [1.54, 1.807) is 6.20 Å². The van der Waals surface area contributed by atoms with Gasteiger partial charge in [-0.3, -0.25) is 14.2 Å². The number of carbonyl (C=O) groups is 1. The molecular weight excluding hydrogens is 494 g/mol. The minimum absolute atomic E-state index is 0.00501. The van der Waals surface area contributed by atoms with Crippen LogP contribution in [0.2, 0.25) is 5.02 Å². The van der Waals surface area contributed by atoms with E-state index in [-0.39, 0.29) is 40.1 Å². The highest BCUT2D eigenvalue weighted by Crippen LogP contribution is 2.65. The van der Waals surface area contributed by atoms with Crippen molar-refractivity contribution < 1.29 is 36.9 Å². The molecule has 2 heterocycles. The Morgan fingerprint density at radius 1 is 1.26 bits per heavy atom. The van der Waals surface area contributed by atoms with Crippen LogP contribution < -0.4 is 10.1 Å². The zero-order valence-corrected chi connectivity index (χ0v) is 19.1. The minimum Gasteiger partial charge on any atom is -0.480 e. The van der Waals surface area contributed by atoms with Crippen molar-refractivity contribution in [1.82, 2.24) is 15.1 Å².